The lowest BCUT2D eigenvalue weighted by Crippen LogP contribution is -1.93. The fraction of sp³-hybridized carbons (Fsp3) is 0.357. The number of hydrogen-bond donors (Lipinski definition) is 0. The molecular weight excluding hydrogens is 236 g/mol. The molecule has 0 spiro atoms. The number of hydrogen-bond acceptors (Lipinski definition) is 2. The summed E-state index contributed by atoms with van der Waals surface area (Å²) < 4.78 is 24.7. The molecule has 0 aliphatic heterocycles. The van der Waals surface area contributed by atoms with Crippen molar-refractivity contribution < 1.29 is 13.6 Å². The van der Waals surface area contributed by atoms with Gasteiger partial charge in [0.15, 0.2) is 0 Å². The average molecular weight is 251 g/mol. The van der Waals surface area contributed by atoms with Crippen molar-refractivity contribution in [3.05, 3.63) is 47.2 Å². The molecule has 1 aromatic rings. The van der Waals surface area contributed by atoms with Crippen LogP contribution in [0.1, 0.15) is 43.2 Å². The molecule has 2 nitrogen and oxygen atoms in total. The molecule has 0 bridgehead atoms. The molecule has 0 aromatic heterocycles. The Morgan fingerprint density at radius 3 is 2.56 bits per heavy atom. The van der Waals surface area contributed by atoms with Gasteiger partial charge in [0.1, 0.15) is 5.76 Å². The minimum absolute atomic E-state index is 0.0167. The molecule has 0 radical (unpaired) electrons. The van der Waals surface area contributed by atoms with Gasteiger partial charge in [-0.2, -0.15) is 0 Å². The maximum atomic E-state index is 12.3. The molecule has 0 fully saturated rings. The number of allylic oxidation sites excluding steroid dienone is 2. The number of nitrogens with zero attached hydrogens (tertiary/aromatic N) is 1. The van der Waals surface area contributed by atoms with E-state index in [-0.39, 0.29) is 5.56 Å². The van der Waals surface area contributed by atoms with Crippen molar-refractivity contribution in [2.45, 2.75) is 32.1 Å². The van der Waals surface area contributed by atoms with E-state index in [0.717, 1.165) is 30.6 Å². The van der Waals surface area contributed by atoms with Crippen molar-refractivity contribution in [1.82, 2.24) is 0 Å². The first kappa shape index (κ1) is 12.7. The van der Waals surface area contributed by atoms with Gasteiger partial charge < -0.3 is 4.84 Å². The number of halogens is 2. The smallest absolute Gasteiger partial charge is 0.263 e. The number of benzene rings is 1. The molecule has 1 aromatic carbocycles. The Morgan fingerprint density at radius 1 is 1.17 bits per heavy atom. The van der Waals surface area contributed by atoms with Gasteiger partial charge in [-0.05, 0) is 30.9 Å². The van der Waals surface area contributed by atoms with Crippen LogP contribution >= 0.6 is 0 Å². The number of oxime groups is 1. The molecule has 0 amide bonds. The van der Waals surface area contributed by atoms with Crippen LogP contribution in [0.4, 0.5) is 8.78 Å². The Hall–Kier alpha value is -1.71. The summed E-state index contributed by atoms with van der Waals surface area (Å²) in [6.07, 6.45) is 5.43. The fourth-order valence-corrected chi connectivity index (χ4v) is 1.77. The molecule has 0 saturated heterocycles. The average Bonchev–Trinajstić information content (AvgIpc) is 2.40. The summed E-state index contributed by atoms with van der Waals surface area (Å²) in [6.45, 7) is 0. The van der Waals surface area contributed by atoms with Crippen LogP contribution in [-0.4, -0.2) is 6.21 Å². The normalized spacial score (nSPS) is 16.1. The predicted octanol–water partition coefficient (Wildman–Crippen LogP) is 4.43. The van der Waals surface area contributed by atoms with Crippen LogP contribution in [0, 0.1) is 0 Å². The first-order valence-electron chi connectivity index (χ1n) is 6.03. The van der Waals surface area contributed by atoms with Gasteiger partial charge in [0.25, 0.3) is 6.43 Å². The van der Waals surface area contributed by atoms with Crippen molar-refractivity contribution in [2.24, 2.45) is 5.16 Å². The Labute approximate surface area is 105 Å². The third kappa shape index (κ3) is 3.65. The molecule has 0 N–H and O–H groups in total. The molecule has 0 atom stereocenters. The Bertz CT molecular complexity index is 438. The summed E-state index contributed by atoms with van der Waals surface area (Å²) >= 11 is 0. The van der Waals surface area contributed by atoms with E-state index in [2.05, 4.69) is 5.16 Å². The zero-order chi connectivity index (χ0) is 12.8. The highest BCUT2D eigenvalue weighted by Gasteiger charge is 2.05. The van der Waals surface area contributed by atoms with Crippen LogP contribution < -0.4 is 0 Å². The quantitative estimate of drug-likeness (QED) is 0.573. The van der Waals surface area contributed by atoms with Gasteiger partial charge in [-0.3, -0.25) is 0 Å². The van der Waals surface area contributed by atoms with Gasteiger partial charge in [-0.1, -0.05) is 29.4 Å². The van der Waals surface area contributed by atoms with Crippen molar-refractivity contribution in [1.29, 1.82) is 0 Å². The summed E-state index contributed by atoms with van der Waals surface area (Å²) in [6, 6.07) is 5.99. The largest absolute Gasteiger partial charge is 0.362 e. The Morgan fingerprint density at radius 2 is 1.94 bits per heavy atom. The van der Waals surface area contributed by atoms with Crippen molar-refractivity contribution in [3.63, 3.8) is 0 Å². The van der Waals surface area contributed by atoms with Gasteiger partial charge in [-0.25, -0.2) is 8.78 Å². The van der Waals surface area contributed by atoms with E-state index in [1.807, 2.05) is 6.08 Å². The van der Waals surface area contributed by atoms with Crippen LogP contribution in [-0.2, 0) is 4.84 Å². The molecule has 18 heavy (non-hydrogen) atoms. The van der Waals surface area contributed by atoms with Crippen LogP contribution in [0.15, 0.2) is 41.3 Å². The standard InChI is InChI=1S/C14H15F2NO/c15-14(16)12-8-6-11(7-9-12)10-17-18-13-4-2-1-3-5-13/h4,6-10,14H,1-3,5H2. The highest BCUT2D eigenvalue weighted by molar-refractivity contribution is 5.79. The van der Waals surface area contributed by atoms with Crippen molar-refractivity contribution in [3.8, 4) is 0 Å². The molecule has 0 unspecified atom stereocenters. The van der Waals surface area contributed by atoms with Crippen LogP contribution in [0.2, 0.25) is 0 Å². The van der Waals surface area contributed by atoms with Gasteiger partial charge in [-0.15, -0.1) is 0 Å². The first-order chi connectivity index (χ1) is 8.75. The highest BCUT2D eigenvalue weighted by atomic mass is 19.3. The molecule has 1 aliphatic rings. The SMILES string of the molecule is FC(F)c1ccc(C=NOC2=CCCCC2)cc1. The van der Waals surface area contributed by atoms with Crippen LogP contribution in [0.5, 0.6) is 0 Å². The highest BCUT2D eigenvalue weighted by Crippen LogP contribution is 2.19. The number of alkyl halides is 2. The second kappa shape index (κ2) is 6.28. The van der Waals surface area contributed by atoms with E-state index < -0.39 is 6.43 Å². The van der Waals surface area contributed by atoms with E-state index in [9.17, 15) is 8.78 Å². The van der Waals surface area contributed by atoms with E-state index >= 15 is 0 Å². The summed E-state index contributed by atoms with van der Waals surface area (Å²) in [5.41, 5.74) is 0.763. The van der Waals surface area contributed by atoms with Gasteiger partial charge in [0.05, 0.1) is 6.21 Å². The van der Waals surface area contributed by atoms with Crippen molar-refractivity contribution >= 4 is 6.21 Å². The maximum Gasteiger partial charge on any atom is 0.263 e. The summed E-state index contributed by atoms with van der Waals surface area (Å²) in [4.78, 5) is 5.25. The molecule has 2 rings (SSSR count). The monoisotopic (exact) mass is 251 g/mol. The maximum absolute atomic E-state index is 12.3. The first-order valence-corrected chi connectivity index (χ1v) is 6.03. The predicted molar refractivity (Wildman–Crippen MR) is 66.6 cm³/mol. The van der Waals surface area contributed by atoms with E-state index in [1.54, 1.807) is 12.1 Å². The minimum Gasteiger partial charge on any atom is -0.362 e. The third-order valence-electron chi connectivity index (χ3n) is 2.81. The van der Waals surface area contributed by atoms with Gasteiger partial charge >= 0.3 is 0 Å². The van der Waals surface area contributed by atoms with E-state index in [1.165, 1.54) is 24.8 Å². The van der Waals surface area contributed by atoms with Crippen LogP contribution in [0.25, 0.3) is 0 Å². The molecular formula is C14H15F2NO. The Balaban J connectivity index is 1.90. The van der Waals surface area contributed by atoms with Gasteiger partial charge in [0, 0.05) is 12.0 Å². The zero-order valence-corrected chi connectivity index (χ0v) is 9.98. The molecule has 1 aliphatic carbocycles. The number of rotatable bonds is 4. The Kier molecular flexibility index (Phi) is 4.45. The lowest BCUT2D eigenvalue weighted by atomic mass is 10.1. The van der Waals surface area contributed by atoms with E-state index in [0.29, 0.717) is 0 Å². The summed E-state index contributed by atoms with van der Waals surface area (Å²) in [5.74, 6) is 0.890. The second-order valence-corrected chi connectivity index (χ2v) is 4.21. The minimum atomic E-state index is -2.43. The van der Waals surface area contributed by atoms with Crippen LogP contribution in [0.3, 0.4) is 0 Å². The summed E-state index contributed by atoms with van der Waals surface area (Å²) in [7, 11) is 0. The molecule has 4 heteroatoms. The molecule has 0 saturated carbocycles. The lowest BCUT2D eigenvalue weighted by molar-refractivity contribution is 0.151. The van der Waals surface area contributed by atoms with Crippen molar-refractivity contribution in [2.75, 3.05) is 0 Å². The zero-order valence-electron chi connectivity index (χ0n) is 9.98. The second-order valence-electron chi connectivity index (χ2n) is 4.21. The van der Waals surface area contributed by atoms with Gasteiger partial charge in [0.2, 0.25) is 0 Å². The topological polar surface area (TPSA) is 21.6 Å². The third-order valence-corrected chi connectivity index (χ3v) is 2.81. The fourth-order valence-electron chi connectivity index (χ4n) is 1.77. The molecule has 96 valence electrons. The molecule has 0 heterocycles. The lowest BCUT2D eigenvalue weighted by Gasteiger charge is -2.09. The van der Waals surface area contributed by atoms with E-state index in [4.69, 9.17) is 4.84 Å². The summed E-state index contributed by atoms with van der Waals surface area (Å²) in [5, 5.41) is 3.86.